The van der Waals surface area contributed by atoms with Crippen molar-refractivity contribution in [1.29, 1.82) is 0 Å². The molecule has 1 aliphatic carbocycles. The summed E-state index contributed by atoms with van der Waals surface area (Å²) in [5.41, 5.74) is 14.0. The van der Waals surface area contributed by atoms with Crippen molar-refractivity contribution in [2.75, 3.05) is 5.73 Å². The number of aryl methyl sites for hydroxylation is 1. The number of hydrogen-bond donors (Lipinski definition) is 1. The number of unbranched alkanes of at least 4 members (excludes halogenated alkanes) is 3. The van der Waals surface area contributed by atoms with E-state index < -0.39 is 0 Å². The van der Waals surface area contributed by atoms with E-state index in [1.54, 1.807) is 0 Å². The highest BCUT2D eigenvalue weighted by Gasteiger charge is 2.23. The molecule has 3 aromatic carbocycles. The van der Waals surface area contributed by atoms with Crippen molar-refractivity contribution in [2.45, 2.75) is 89.9 Å². The molecule has 34 heavy (non-hydrogen) atoms. The van der Waals surface area contributed by atoms with Gasteiger partial charge in [0.05, 0.1) is 0 Å². The van der Waals surface area contributed by atoms with E-state index in [0.29, 0.717) is 5.92 Å². The summed E-state index contributed by atoms with van der Waals surface area (Å²) >= 11 is 0. The summed E-state index contributed by atoms with van der Waals surface area (Å²) in [6.07, 6.45) is 13.2. The molecule has 1 heteroatoms. The number of rotatable bonds is 10. The molecule has 0 bridgehead atoms. The molecular weight excluding hydrogens is 410 g/mol. The number of benzene rings is 3. The molecule has 4 rings (SSSR count). The van der Waals surface area contributed by atoms with Gasteiger partial charge in [0.2, 0.25) is 0 Å². The van der Waals surface area contributed by atoms with Crippen LogP contribution in [0.1, 0.15) is 105 Å². The molecule has 0 radical (unpaired) electrons. The highest BCUT2D eigenvalue weighted by molar-refractivity contribution is 5.43. The maximum Gasteiger partial charge on any atom is 0.0314 e. The zero-order valence-electron chi connectivity index (χ0n) is 21.3. The molecule has 0 spiro atoms. The van der Waals surface area contributed by atoms with Gasteiger partial charge in [-0.1, -0.05) is 93.8 Å². The average Bonchev–Trinajstić information content (AvgIpc) is 2.88. The van der Waals surface area contributed by atoms with Crippen molar-refractivity contribution in [3.63, 3.8) is 0 Å². The van der Waals surface area contributed by atoms with Crippen LogP contribution in [0, 0.1) is 5.92 Å². The van der Waals surface area contributed by atoms with E-state index in [0.717, 1.165) is 17.5 Å². The molecule has 0 saturated heterocycles. The van der Waals surface area contributed by atoms with Crippen molar-refractivity contribution >= 4 is 5.69 Å². The second-order valence-electron chi connectivity index (χ2n) is 10.6. The number of nitrogens with two attached hydrogens (primary N) is 1. The third-order valence-corrected chi connectivity index (χ3v) is 8.06. The lowest BCUT2D eigenvalue weighted by Crippen LogP contribution is -2.15. The van der Waals surface area contributed by atoms with Crippen LogP contribution in [0.2, 0.25) is 0 Å². The van der Waals surface area contributed by atoms with E-state index in [1.165, 1.54) is 92.0 Å². The Morgan fingerprint density at radius 2 is 1.29 bits per heavy atom. The second-order valence-corrected chi connectivity index (χ2v) is 10.6. The zero-order valence-corrected chi connectivity index (χ0v) is 21.3. The van der Waals surface area contributed by atoms with Crippen molar-refractivity contribution in [3.05, 3.63) is 101 Å². The summed E-state index contributed by atoms with van der Waals surface area (Å²) in [6, 6.07) is 27.3. The first-order chi connectivity index (χ1) is 16.6. The molecular formula is C33H43N. The molecule has 0 aliphatic heterocycles. The standard InChI is InChI=1S/C33H43N/c1-3-4-5-6-7-26-8-10-27(11-9-26)24-28-12-14-31(15-13-28)32-18-16-29(17-19-32)25(2)30-20-22-33(34)23-21-30/h8-11,16-23,25,28,31H,3-7,12-15,24,34H2,1-2H3. The van der Waals surface area contributed by atoms with Gasteiger partial charge in [0.15, 0.2) is 0 Å². The minimum atomic E-state index is 0.396. The maximum atomic E-state index is 5.85. The van der Waals surface area contributed by atoms with E-state index in [4.69, 9.17) is 5.73 Å². The molecule has 1 unspecified atom stereocenters. The first kappa shape index (κ1) is 24.6. The summed E-state index contributed by atoms with van der Waals surface area (Å²) < 4.78 is 0. The predicted octanol–water partition coefficient (Wildman–Crippen LogP) is 9.06. The molecule has 1 aliphatic rings. The molecule has 0 aromatic heterocycles. The summed E-state index contributed by atoms with van der Waals surface area (Å²) in [6.45, 7) is 4.56. The Morgan fingerprint density at radius 3 is 1.91 bits per heavy atom. The average molecular weight is 454 g/mol. The first-order valence-corrected chi connectivity index (χ1v) is 13.7. The van der Waals surface area contributed by atoms with E-state index in [9.17, 15) is 0 Å². The SMILES string of the molecule is CCCCCCc1ccc(CC2CCC(c3ccc(C(C)c4ccc(N)cc4)cc3)CC2)cc1. The lowest BCUT2D eigenvalue weighted by Gasteiger charge is -2.29. The van der Waals surface area contributed by atoms with Crippen molar-refractivity contribution in [3.8, 4) is 0 Å². The van der Waals surface area contributed by atoms with Crippen LogP contribution < -0.4 is 5.73 Å². The van der Waals surface area contributed by atoms with Crippen LogP contribution in [-0.4, -0.2) is 0 Å². The number of hydrogen-bond acceptors (Lipinski definition) is 1. The van der Waals surface area contributed by atoms with Gasteiger partial charge < -0.3 is 5.73 Å². The summed E-state index contributed by atoms with van der Waals surface area (Å²) in [7, 11) is 0. The Balaban J connectivity index is 1.24. The molecule has 180 valence electrons. The molecule has 1 fully saturated rings. The third kappa shape index (κ3) is 6.75. The van der Waals surface area contributed by atoms with Gasteiger partial charge in [-0.15, -0.1) is 0 Å². The number of anilines is 1. The predicted molar refractivity (Wildman–Crippen MR) is 148 cm³/mol. The molecule has 2 N–H and O–H groups in total. The number of nitrogen functional groups attached to an aromatic ring is 1. The summed E-state index contributed by atoms with van der Waals surface area (Å²) in [5.74, 6) is 1.97. The first-order valence-electron chi connectivity index (χ1n) is 13.7. The van der Waals surface area contributed by atoms with Gasteiger partial charge in [0.25, 0.3) is 0 Å². The largest absolute Gasteiger partial charge is 0.399 e. The van der Waals surface area contributed by atoms with Crippen LogP contribution in [0.4, 0.5) is 5.69 Å². The van der Waals surface area contributed by atoms with Crippen LogP contribution >= 0.6 is 0 Å². The van der Waals surface area contributed by atoms with Gasteiger partial charge in [-0.25, -0.2) is 0 Å². The van der Waals surface area contributed by atoms with Gasteiger partial charge in [0, 0.05) is 11.6 Å². The Hall–Kier alpha value is -2.54. The molecule has 0 heterocycles. The lowest BCUT2D eigenvalue weighted by atomic mass is 9.76. The monoisotopic (exact) mass is 453 g/mol. The highest BCUT2D eigenvalue weighted by Crippen LogP contribution is 2.38. The quantitative estimate of drug-likeness (QED) is 0.240. The Morgan fingerprint density at radius 1 is 0.706 bits per heavy atom. The molecule has 0 amide bonds. The molecule has 1 saturated carbocycles. The highest BCUT2D eigenvalue weighted by atomic mass is 14.5. The van der Waals surface area contributed by atoms with Gasteiger partial charge in [0.1, 0.15) is 0 Å². The third-order valence-electron chi connectivity index (χ3n) is 8.06. The fourth-order valence-electron chi connectivity index (χ4n) is 5.67. The van der Waals surface area contributed by atoms with Crippen LogP contribution in [-0.2, 0) is 12.8 Å². The minimum Gasteiger partial charge on any atom is -0.399 e. The normalized spacial score (nSPS) is 19.1. The van der Waals surface area contributed by atoms with Crippen LogP contribution in [0.15, 0.2) is 72.8 Å². The van der Waals surface area contributed by atoms with E-state index in [2.05, 4.69) is 74.5 Å². The van der Waals surface area contributed by atoms with Crippen molar-refractivity contribution in [2.24, 2.45) is 5.92 Å². The summed E-state index contributed by atoms with van der Waals surface area (Å²) in [5, 5.41) is 0. The topological polar surface area (TPSA) is 26.0 Å². The van der Waals surface area contributed by atoms with E-state index in [-0.39, 0.29) is 0 Å². The van der Waals surface area contributed by atoms with Crippen LogP contribution in [0.25, 0.3) is 0 Å². The van der Waals surface area contributed by atoms with Gasteiger partial charge in [-0.05, 0) is 96.7 Å². The second kappa shape index (κ2) is 12.2. The zero-order chi connectivity index (χ0) is 23.8. The van der Waals surface area contributed by atoms with Crippen LogP contribution in [0.5, 0.6) is 0 Å². The summed E-state index contributed by atoms with van der Waals surface area (Å²) in [4.78, 5) is 0. The fourth-order valence-corrected chi connectivity index (χ4v) is 5.67. The fraction of sp³-hybridized carbons (Fsp3) is 0.455. The van der Waals surface area contributed by atoms with E-state index >= 15 is 0 Å². The van der Waals surface area contributed by atoms with Gasteiger partial charge >= 0.3 is 0 Å². The van der Waals surface area contributed by atoms with Gasteiger partial charge in [-0.3, -0.25) is 0 Å². The van der Waals surface area contributed by atoms with Gasteiger partial charge in [-0.2, -0.15) is 0 Å². The molecule has 1 atom stereocenters. The smallest absolute Gasteiger partial charge is 0.0314 e. The van der Waals surface area contributed by atoms with Crippen molar-refractivity contribution in [1.82, 2.24) is 0 Å². The maximum absolute atomic E-state index is 5.85. The molecule has 1 nitrogen and oxygen atoms in total. The Bertz CT molecular complexity index is 976. The molecule has 3 aromatic rings. The van der Waals surface area contributed by atoms with Crippen molar-refractivity contribution < 1.29 is 0 Å². The Labute approximate surface area is 207 Å². The minimum absolute atomic E-state index is 0.396. The van der Waals surface area contributed by atoms with E-state index in [1.807, 2.05) is 12.1 Å². The Kier molecular flexibility index (Phi) is 8.85. The van der Waals surface area contributed by atoms with Crippen LogP contribution in [0.3, 0.4) is 0 Å². The lowest BCUT2D eigenvalue weighted by molar-refractivity contribution is 0.324.